The van der Waals surface area contributed by atoms with Crippen LogP contribution in [0.2, 0.25) is 0 Å². The maximum atomic E-state index is 13.5. The molecule has 30 heavy (non-hydrogen) atoms. The normalized spacial score (nSPS) is 21.9. The number of carbonyl (C=O) groups is 3. The maximum absolute atomic E-state index is 13.5. The predicted octanol–water partition coefficient (Wildman–Crippen LogP) is 2.53. The SMILES string of the molecule is CC#CCN1C(=O)NC(CCc2ccccc2)(C2CCN(C(=O)CSC)CC2)C1=O. The highest BCUT2D eigenvalue weighted by atomic mass is 32.2. The fourth-order valence-electron chi connectivity index (χ4n) is 4.42. The number of thioether (sulfide) groups is 1. The lowest BCUT2D eigenvalue weighted by molar-refractivity contribution is -0.135. The number of nitrogens with zero attached hydrogens (tertiary/aromatic N) is 2. The van der Waals surface area contributed by atoms with Gasteiger partial charge in [-0.15, -0.1) is 5.92 Å². The highest BCUT2D eigenvalue weighted by Gasteiger charge is 2.55. The van der Waals surface area contributed by atoms with Crippen LogP contribution < -0.4 is 5.32 Å². The number of imide groups is 1. The van der Waals surface area contributed by atoms with Crippen LogP contribution in [-0.2, 0) is 16.0 Å². The lowest BCUT2D eigenvalue weighted by Gasteiger charge is -2.41. The van der Waals surface area contributed by atoms with Crippen molar-refractivity contribution in [3.63, 3.8) is 0 Å². The average molecular weight is 428 g/mol. The van der Waals surface area contributed by atoms with Crippen molar-refractivity contribution in [3.8, 4) is 11.8 Å². The monoisotopic (exact) mass is 427 g/mol. The van der Waals surface area contributed by atoms with Crippen molar-refractivity contribution in [2.24, 2.45) is 5.92 Å². The Morgan fingerprint density at radius 3 is 2.57 bits per heavy atom. The van der Waals surface area contributed by atoms with Crippen LogP contribution in [-0.4, -0.2) is 64.8 Å². The molecule has 7 heteroatoms. The summed E-state index contributed by atoms with van der Waals surface area (Å²) in [6, 6.07) is 9.65. The molecule has 1 unspecified atom stereocenters. The number of piperidine rings is 1. The standard InChI is InChI=1S/C23H29N3O3S/c1-3-4-14-26-21(28)23(24-22(26)29,13-10-18-8-6-5-7-9-18)19-11-15-25(16-12-19)20(27)17-30-2/h5-9,19H,10-17H2,1-2H3,(H,24,29). The zero-order chi connectivity index (χ0) is 21.6. The summed E-state index contributed by atoms with van der Waals surface area (Å²) in [4.78, 5) is 41.5. The van der Waals surface area contributed by atoms with Gasteiger partial charge in [0.15, 0.2) is 0 Å². The summed E-state index contributed by atoms with van der Waals surface area (Å²) >= 11 is 1.52. The minimum atomic E-state index is -0.934. The first kappa shape index (κ1) is 22.2. The van der Waals surface area contributed by atoms with Gasteiger partial charge in [0, 0.05) is 13.1 Å². The average Bonchev–Trinajstić information content (AvgIpc) is 3.02. The quantitative estimate of drug-likeness (QED) is 0.536. The summed E-state index contributed by atoms with van der Waals surface area (Å²) in [5.74, 6) is 6.03. The number of benzene rings is 1. The summed E-state index contributed by atoms with van der Waals surface area (Å²) < 4.78 is 0. The molecule has 0 radical (unpaired) electrons. The molecule has 0 spiro atoms. The Balaban J connectivity index is 1.80. The molecule has 0 aliphatic carbocycles. The molecule has 1 aromatic rings. The Morgan fingerprint density at radius 1 is 1.23 bits per heavy atom. The molecule has 2 aliphatic rings. The van der Waals surface area contributed by atoms with E-state index in [9.17, 15) is 14.4 Å². The Labute approximate surface area is 182 Å². The highest BCUT2D eigenvalue weighted by molar-refractivity contribution is 7.99. The zero-order valence-corrected chi connectivity index (χ0v) is 18.5. The number of amides is 4. The lowest BCUT2D eigenvalue weighted by Crippen LogP contribution is -2.57. The van der Waals surface area contributed by atoms with Gasteiger partial charge in [-0.05, 0) is 50.3 Å². The molecule has 160 valence electrons. The van der Waals surface area contributed by atoms with Gasteiger partial charge >= 0.3 is 6.03 Å². The molecule has 1 atom stereocenters. The molecule has 2 heterocycles. The molecule has 2 aliphatic heterocycles. The predicted molar refractivity (Wildman–Crippen MR) is 119 cm³/mol. The van der Waals surface area contributed by atoms with Gasteiger partial charge in [0.1, 0.15) is 5.54 Å². The van der Waals surface area contributed by atoms with E-state index in [-0.39, 0.29) is 30.3 Å². The van der Waals surface area contributed by atoms with Crippen LogP contribution in [0.25, 0.3) is 0 Å². The van der Waals surface area contributed by atoms with Crippen molar-refractivity contribution in [2.75, 3.05) is 31.6 Å². The van der Waals surface area contributed by atoms with Crippen molar-refractivity contribution >= 4 is 29.6 Å². The third-order valence-electron chi connectivity index (χ3n) is 6.08. The van der Waals surface area contributed by atoms with E-state index in [2.05, 4.69) is 17.2 Å². The van der Waals surface area contributed by atoms with E-state index in [0.717, 1.165) is 5.56 Å². The first-order chi connectivity index (χ1) is 14.5. The van der Waals surface area contributed by atoms with Gasteiger partial charge < -0.3 is 10.2 Å². The fourth-order valence-corrected chi connectivity index (χ4v) is 4.85. The molecule has 2 fully saturated rings. The molecule has 2 saturated heterocycles. The fraction of sp³-hybridized carbons (Fsp3) is 0.522. The molecule has 0 bridgehead atoms. The topological polar surface area (TPSA) is 69.7 Å². The third-order valence-corrected chi connectivity index (χ3v) is 6.61. The molecular weight excluding hydrogens is 398 g/mol. The van der Waals surface area contributed by atoms with E-state index < -0.39 is 5.54 Å². The second-order valence-corrected chi connectivity index (χ2v) is 8.66. The third kappa shape index (κ3) is 4.65. The van der Waals surface area contributed by atoms with Gasteiger partial charge in [0.25, 0.3) is 5.91 Å². The number of hydrogen-bond acceptors (Lipinski definition) is 4. The molecule has 3 rings (SSSR count). The minimum absolute atomic E-state index is 0.00409. The molecule has 1 aromatic carbocycles. The van der Waals surface area contributed by atoms with Crippen molar-refractivity contribution in [2.45, 2.75) is 38.1 Å². The van der Waals surface area contributed by atoms with Crippen LogP contribution in [0.3, 0.4) is 0 Å². The lowest BCUT2D eigenvalue weighted by atomic mass is 9.74. The van der Waals surface area contributed by atoms with Crippen LogP contribution in [0.1, 0.15) is 31.7 Å². The minimum Gasteiger partial charge on any atom is -0.342 e. The van der Waals surface area contributed by atoms with Gasteiger partial charge in [0.05, 0.1) is 12.3 Å². The van der Waals surface area contributed by atoms with E-state index in [1.54, 1.807) is 6.92 Å². The molecule has 0 saturated carbocycles. The van der Waals surface area contributed by atoms with Gasteiger partial charge in [-0.1, -0.05) is 36.3 Å². The van der Waals surface area contributed by atoms with Crippen molar-refractivity contribution in [3.05, 3.63) is 35.9 Å². The Hall–Kier alpha value is -2.46. The summed E-state index contributed by atoms with van der Waals surface area (Å²) in [6.07, 6.45) is 4.57. The Bertz CT molecular complexity index is 840. The highest BCUT2D eigenvalue weighted by Crippen LogP contribution is 2.37. The van der Waals surface area contributed by atoms with Crippen LogP contribution >= 0.6 is 11.8 Å². The van der Waals surface area contributed by atoms with E-state index in [4.69, 9.17) is 0 Å². The zero-order valence-electron chi connectivity index (χ0n) is 17.6. The van der Waals surface area contributed by atoms with Crippen LogP contribution in [0.5, 0.6) is 0 Å². The van der Waals surface area contributed by atoms with Crippen LogP contribution in [0.4, 0.5) is 4.79 Å². The number of carbonyl (C=O) groups excluding carboxylic acids is 3. The number of urea groups is 1. The van der Waals surface area contributed by atoms with Crippen LogP contribution in [0.15, 0.2) is 30.3 Å². The smallest absolute Gasteiger partial charge is 0.325 e. The first-order valence-electron chi connectivity index (χ1n) is 10.4. The number of aryl methyl sites for hydroxylation is 1. The molecule has 4 amide bonds. The van der Waals surface area contributed by atoms with Crippen molar-refractivity contribution < 1.29 is 14.4 Å². The largest absolute Gasteiger partial charge is 0.342 e. The van der Waals surface area contributed by atoms with E-state index >= 15 is 0 Å². The molecule has 6 nitrogen and oxygen atoms in total. The van der Waals surface area contributed by atoms with E-state index in [0.29, 0.717) is 44.5 Å². The molecule has 0 aromatic heterocycles. The second kappa shape index (κ2) is 10.0. The second-order valence-electron chi connectivity index (χ2n) is 7.79. The number of hydrogen-bond donors (Lipinski definition) is 1. The Kier molecular flexibility index (Phi) is 7.43. The van der Waals surface area contributed by atoms with Gasteiger partial charge in [-0.25, -0.2) is 4.79 Å². The van der Waals surface area contributed by atoms with Crippen LogP contribution in [0, 0.1) is 17.8 Å². The molecule has 1 N–H and O–H groups in total. The Morgan fingerprint density at radius 2 is 1.93 bits per heavy atom. The van der Waals surface area contributed by atoms with Gasteiger partial charge in [0.2, 0.25) is 5.91 Å². The first-order valence-corrected chi connectivity index (χ1v) is 11.8. The summed E-state index contributed by atoms with van der Waals surface area (Å²) in [5, 5.41) is 3.05. The summed E-state index contributed by atoms with van der Waals surface area (Å²) in [6.45, 7) is 3.05. The summed E-state index contributed by atoms with van der Waals surface area (Å²) in [5.41, 5.74) is 0.204. The molecular formula is C23H29N3O3S. The number of likely N-dealkylation sites (tertiary alicyclic amines) is 1. The number of rotatable bonds is 7. The van der Waals surface area contributed by atoms with Crippen molar-refractivity contribution in [1.29, 1.82) is 0 Å². The van der Waals surface area contributed by atoms with Gasteiger partial charge in [-0.2, -0.15) is 11.8 Å². The summed E-state index contributed by atoms with van der Waals surface area (Å²) in [7, 11) is 0. The van der Waals surface area contributed by atoms with E-state index in [1.807, 2.05) is 41.5 Å². The maximum Gasteiger partial charge on any atom is 0.325 e. The van der Waals surface area contributed by atoms with E-state index in [1.165, 1.54) is 16.7 Å². The van der Waals surface area contributed by atoms with Gasteiger partial charge in [-0.3, -0.25) is 14.5 Å². The number of nitrogens with one attached hydrogen (secondary N) is 1. The van der Waals surface area contributed by atoms with Crippen molar-refractivity contribution in [1.82, 2.24) is 15.1 Å².